The predicted octanol–water partition coefficient (Wildman–Crippen LogP) is 2.38. The van der Waals surface area contributed by atoms with Gasteiger partial charge in [-0.05, 0) is 23.8 Å². The first-order valence-electron chi connectivity index (χ1n) is 6.23. The molecule has 2 saturated heterocycles. The van der Waals surface area contributed by atoms with Gasteiger partial charge in [0.15, 0.2) is 0 Å². The molecule has 0 saturated carbocycles. The molecule has 0 spiro atoms. The Bertz CT molecular complexity index is 729. The quantitative estimate of drug-likeness (QED) is 0.352. The third kappa shape index (κ3) is 2.79. The highest BCUT2D eigenvalue weighted by Gasteiger charge is 2.46. The molecule has 0 radical (unpaired) electrons. The van der Waals surface area contributed by atoms with Crippen LogP contribution in [0.2, 0.25) is 5.02 Å². The monoisotopic (exact) mass is 353 g/mol. The summed E-state index contributed by atoms with van der Waals surface area (Å²) in [6.07, 6.45) is 1.50. The Hall–Kier alpha value is -1.70. The molecule has 1 amide bonds. The van der Waals surface area contributed by atoms with Crippen LogP contribution >= 0.6 is 35.6 Å². The normalized spacial score (nSPS) is 23.6. The summed E-state index contributed by atoms with van der Waals surface area (Å²) in [5.41, 5.74) is 0.787. The van der Waals surface area contributed by atoms with Crippen LogP contribution in [0.15, 0.2) is 29.2 Å². The fraction of sp³-hybridized carbons (Fsp3) is 0.143. The van der Waals surface area contributed by atoms with E-state index in [1.807, 2.05) is 0 Å². The van der Waals surface area contributed by atoms with E-state index in [0.29, 0.717) is 9.93 Å². The van der Waals surface area contributed by atoms with Gasteiger partial charge in [-0.15, -0.1) is 0 Å². The number of thiocarbonyl (C=S) groups is 1. The summed E-state index contributed by atoms with van der Waals surface area (Å²) in [5.74, 6) is -1.79. The number of halogens is 1. The largest absolute Gasteiger partial charge is 0.392 e. The lowest BCUT2D eigenvalue weighted by Crippen LogP contribution is -2.41. The molecule has 2 fully saturated rings. The highest BCUT2D eigenvalue weighted by molar-refractivity contribution is 8.26. The first kappa shape index (κ1) is 15.2. The van der Waals surface area contributed by atoms with Gasteiger partial charge in [0.05, 0.1) is 11.3 Å². The number of hydrogen-bond acceptors (Lipinski definition) is 6. The molecule has 1 atom stereocenters. The van der Waals surface area contributed by atoms with Crippen molar-refractivity contribution < 1.29 is 19.1 Å². The van der Waals surface area contributed by atoms with Gasteiger partial charge in [0, 0.05) is 5.02 Å². The van der Waals surface area contributed by atoms with E-state index in [-0.39, 0.29) is 10.7 Å². The van der Waals surface area contributed by atoms with Crippen LogP contribution in [0.5, 0.6) is 0 Å². The minimum Gasteiger partial charge on any atom is -0.392 e. The zero-order valence-corrected chi connectivity index (χ0v) is 13.3. The first-order chi connectivity index (χ1) is 10.5. The second-order valence-corrected chi connectivity index (χ2v) is 6.73. The first-order valence-corrected chi connectivity index (χ1v) is 7.83. The molecule has 1 aromatic rings. The van der Waals surface area contributed by atoms with Crippen LogP contribution in [0, 0.1) is 0 Å². The summed E-state index contributed by atoms with van der Waals surface area (Å²) in [5, 5.41) is 0.594. The van der Waals surface area contributed by atoms with E-state index in [4.69, 9.17) is 23.8 Å². The summed E-state index contributed by atoms with van der Waals surface area (Å²) >= 11 is 12.0. The number of thioether (sulfide) groups is 1. The second-order valence-electron chi connectivity index (χ2n) is 4.62. The molecule has 2 heterocycles. The molecular formula is C14H8ClNO4S2. The predicted molar refractivity (Wildman–Crippen MR) is 86.0 cm³/mol. The molecule has 0 aliphatic carbocycles. The number of rotatable bonds is 2. The van der Waals surface area contributed by atoms with Crippen LogP contribution in [-0.4, -0.2) is 33.1 Å². The number of cyclic esters (lactones) is 2. The zero-order valence-electron chi connectivity index (χ0n) is 10.9. The van der Waals surface area contributed by atoms with E-state index in [0.717, 1.165) is 22.2 Å². The molecule has 0 bridgehead atoms. The van der Waals surface area contributed by atoms with Crippen LogP contribution in [-0.2, 0) is 19.1 Å². The van der Waals surface area contributed by atoms with Crippen molar-refractivity contribution in [3.05, 3.63) is 39.8 Å². The van der Waals surface area contributed by atoms with Gasteiger partial charge in [-0.25, -0.2) is 4.79 Å². The lowest BCUT2D eigenvalue weighted by atomic mass is 10.2. The highest BCUT2D eigenvalue weighted by Crippen LogP contribution is 2.36. The molecule has 8 heteroatoms. The maximum Gasteiger partial charge on any atom is 0.337 e. The van der Waals surface area contributed by atoms with E-state index in [1.54, 1.807) is 30.3 Å². The minimum atomic E-state index is -0.962. The van der Waals surface area contributed by atoms with Crippen molar-refractivity contribution in [2.45, 2.75) is 12.5 Å². The van der Waals surface area contributed by atoms with Crippen LogP contribution in [0.3, 0.4) is 0 Å². The minimum absolute atomic E-state index is 0.167. The molecule has 0 unspecified atom stereocenters. The number of amides is 1. The lowest BCUT2D eigenvalue weighted by Gasteiger charge is -2.17. The van der Waals surface area contributed by atoms with Gasteiger partial charge >= 0.3 is 11.9 Å². The molecule has 2 aliphatic heterocycles. The van der Waals surface area contributed by atoms with Gasteiger partial charge in [-0.2, -0.15) is 0 Å². The zero-order chi connectivity index (χ0) is 15.9. The average Bonchev–Trinajstić information content (AvgIpc) is 2.92. The summed E-state index contributed by atoms with van der Waals surface area (Å²) in [6, 6.07) is 5.99. The molecule has 0 aromatic heterocycles. The number of hydrogen-bond donors (Lipinski definition) is 0. The van der Waals surface area contributed by atoms with Crippen molar-refractivity contribution in [1.82, 2.24) is 4.90 Å². The van der Waals surface area contributed by atoms with E-state index in [9.17, 15) is 14.4 Å². The van der Waals surface area contributed by atoms with E-state index in [1.165, 1.54) is 0 Å². The van der Waals surface area contributed by atoms with Gasteiger partial charge in [0.1, 0.15) is 10.4 Å². The Labute approximate surface area is 140 Å². The molecule has 3 rings (SSSR count). The maximum absolute atomic E-state index is 12.4. The van der Waals surface area contributed by atoms with E-state index in [2.05, 4.69) is 4.74 Å². The number of ether oxygens (including phenoxy) is 1. The number of carbonyl (C=O) groups excluding carboxylic acids is 3. The van der Waals surface area contributed by atoms with Crippen LogP contribution in [0.25, 0.3) is 6.08 Å². The Morgan fingerprint density at radius 1 is 1.27 bits per heavy atom. The van der Waals surface area contributed by atoms with Gasteiger partial charge in [0.25, 0.3) is 5.91 Å². The van der Waals surface area contributed by atoms with Crippen molar-refractivity contribution in [2.24, 2.45) is 0 Å². The molecule has 1 aromatic carbocycles. The fourth-order valence-electron chi connectivity index (χ4n) is 2.12. The van der Waals surface area contributed by atoms with Gasteiger partial charge in [-0.1, -0.05) is 47.7 Å². The van der Waals surface area contributed by atoms with Gasteiger partial charge in [0.2, 0.25) is 0 Å². The second kappa shape index (κ2) is 5.83. The van der Waals surface area contributed by atoms with E-state index < -0.39 is 23.9 Å². The molecule has 2 aliphatic rings. The van der Waals surface area contributed by atoms with Crippen LogP contribution in [0.4, 0.5) is 0 Å². The van der Waals surface area contributed by atoms with Gasteiger partial charge in [-0.3, -0.25) is 14.5 Å². The topological polar surface area (TPSA) is 63.7 Å². The number of carbonyl (C=O) groups is 3. The van der Waals surface area contributed by atoms with Crippen molar-refractivity contribution >= 4 is 63.8 Å². The number of nitrogens with zero attached hydrogens (tertiary/aromatic N) is 1. The van der Waals surface area contributed by atoms with Crippen molar-refractivity contribution in [1.29, 1.82) is 0 Å². The Morgan fingerprint density at radius 2 is 1.95 bits per heavy atom. The van der Waals surface area contributed by atoms with Gasteiger partial charge < -0.3 is 4.74 Å². The van der Waals surface area contributed by atoms with Crippen molar-refractivity contribution in [3.63, 3.8) is 0 Å². The molecule has 0 N–H and O–H groups in total. The van der Waals surface area contributed by atoms with Crippen molar-refractivity contribution in [3.8, 4) is 0 Å². The van der Waals surface area contributed by atoms with Crippen LogP contribution in [0.1, 0.15) is 12.0 Å². The van der Waals surface area contributed by atoms with Crippen molar-refractivity contribution in [2.75, 3.05) is 0 Å². The molecule has 5 nitrogen and oxygen atoms in total. The standard InChI is InChI=1S/C14H8ClNO4S2/c15-8-3-1-7(2-4-8)5-10-12(18)16(14(21)22-10)9-6-11(17)20-13(9)19/h1-5,9H,6H2/b10-5-/t9-/m0/s1. The Morgan fingerprint density at radius 3 is 2.55 bits per heavy atom. The summed E-state index contributed by atoms with van der Waals surface area (Å²) in [4.78, 5) is 36.8. The highest BCUT2D eigenvalue weighted by atomic mass is 35.5. The SMILES string of the molecule is O=C1C[C@H](N2C(=O)/C(=C/c3ccc(Cl)cc3)SC2=S)C(=O)O1. The molecule has 22 heavy (non-hydrogen) atoms. The Balaban J connectivity index is 1.87. The lowest BCUT2D eigenvalue weighted by molar-refractivity contribution is -0.153. The third-order valence-corrected chi connectivity index (χ3v) is 4.73. The summed E-state index contributed by atoms with van der Waals surface area (Å²) in [7, 11) is 0. The number of benzene rings is 1. The average molecular weight is 354 g/mol. The molecular weight excluding hydrogens is 346 g/mol. The van der Waals surface area contributed by atoms with E-state index >= 15 is 0 Å². The third-order valence-electron chi connectivity index (χ3n) is 3.15. The molecule has 112 valence electrons. The Kier molecular flexibility index (Phi) is 4.03. The summed E-state index contributed by atoms with van der Waals surface area (Å²) in [6.45, 7) is 0. The van der Waals surface area contributed by atoms with Crippen LogP contribution < -0.4 is 0 Å². The smallest absolute Gasteiger partial charge is 0.337 e. The fourth-order valence-corrected chi connectivity index (χ4v) is 3.60. The number of esters is 2. The maximum atomic E-state index is 12.4. The summed E-state index contributed by atoms with van der Waals surface area (Å²) < 4.78 is 4.71.